The Bertz CT molecular complexity index is 1060. The molecular formula is C25H29N3O2. The summed E-state index contributed by atoms with van der Waals surface area (Å²) in [5, 5.41) is 11.7. The Morgan fingerprint density at radius 3 is 2.53 bits per heavy atom. The van der Waals surface area contributed by atoms with E-state index in [1.807, 2.05) is 55.5 Å². The number of nitrogens with zero attached hydrogens (tertiary/aromatic N) is 2. The van der Waals surface area contributed by atoms with Gasteiger partial charge in [-0.2, -0.15) is 0 Å². The molecule has 0 unspecified atom stereocenters. The number of hydrogen-bond acceptors (Lipinski definition) is 3. The lowest BCUT2D eigenvalue weighted by atomic mass is 9.94. The first-order valence-corrected chi connectivity index (χ1v) is 10.8. The van der Waals surface area contributed by atoms with Crippen molar-refractivity contribution >= 4 is 22.5 Å². The summed E-state index contributed by atoms with van der Waals surface area (Å²) < 4.78 is 0. The molecule has 1 heterocycles. The summed E-state index contributed by atoms with van der Waals surface area (Å²) in [6.45, 7) is 2.59. The summed E-state index contributed by atoms with van der Waals surface area (Å²) in [6.07, 6.45) is 5.84. The van der Waals surface area contributed by atoms with Crippen LogP contribution in [0.15, 0.2) is 53.5 Å². The Morgan fingerprint density at radius 2 is 1.83 bits per heavy atom. The largest absolute Gasteiger partial charge is 0.494 e. The minimum absolute atomic E-state index is 0.0332. The SMILES string of the molecule is CCN(C)C(=O)c1ccc2c(C(=NC3CCCCC3)c3ccccc3)c(O)[nH]c2c1. The lowest BCUT2D eigenvalue weighted by Gasteiger charge is -2.19. The maximum Gasteiger partial charge on any atom is 0.253 e. The fourth-order valence-electron chi connectivity index (χ4n) is 4.19. The van der Waals surface area contributed by atoms with Gasteiger partial charge in [0.25, 0.3) is 5.91 Å². The molecule has 0 aliphatic heterocycles. The Morgan fingerprint density at radius 1 is 1.10 bits per heavy atom. The Hall–Kier alpha value is -3.08. The van der Waals surface area contributed by atoms with E-state index in [9.17, 15) is 9.90 Å². The van der Waals surface area contributed by atoms with Crippen molar-refractivity contribution in [2.45, 2.75) is 45.1 Å². The maximum atomic E-state index is 12.6. The van der Waals surface area contributed by atoms with Crippen LogP contribution in [0.25, 0.3) is 10.9 Å². The zero-order valence-electron chi connectivity index (χ0n) is 17.7. The van der Waals surface area contributed by atoms with Crippen LogP contribution in [-0.2, 0) is 0 Å². The van der Waals surface area contributed by atoms with Crippen LogP contribution >= 0.6 is 0 Å². The van der Waals surface area contributed by atoms with Gasteiger partial charge in [-0.1, -0.05) is 55.7 Å². The van der Waals surface area contributed by atoms with Crippen molar-refractivity contribution in [3.05, 3.63) is 65.2 Å². The molecule has 1 aromatic heterocycles. The summed E-state index contributed by atoms with van der Waals surface area (Å²) in [4.78, 5) is 22.4. The van der Waals surface area contributed by atoms with Crippen molar-refractivity contribution in [2.75, 3.05) is 13.6 Å². The molecule has 0 saturated heterocycles. The van der Waals surface area contributed by atoms with Gasteiger partial charge in [0.15, 0.2) is 5.88 Å². The monoisotopic (exact) mass is 403 g/mol. The van der Waals surface area contributed by atoms with Crippen molar-refractivity contribution in [3.63, 3.8) is 0 Å². The van der Waals surface area contributed by atoms with Crippen LogP contribution in [0.3, 0.4) is 0 Å². The minimum atomic E-state index is -0.0332. The molecule has 1 amide bonds. The van der Waals surface area contributed by atoms with Gasteiger partial charge < -0.3 is 15.0 Å². The first-order chi connectivity index (χ1) is 14.6. The third-order valence-electron chi connectivity index (χ3n) is 6.02. The first-order valence-electron chi connectivity index (χ1n) is 10.8. The molecule has 3 aromatic rings. The molecule has 1 saturated carbocycles. The Balaban J connectivity index is 1.82. The molecule has 0 atom stereocenters. The average Bonchev–Trinajstić information content (AvgIpc) is 3.12. The Kier molecular flexibility index (Phi) is 5.88. The second-order valence-electron chi connectivity index (χ2n) is 8.06. The van der Waals surface area contributed by atoms with Crippen molar-refractivity contribution in [1.82, 2.24) is 9.88 Å². The van der Waals surface area contributed by atoms with Crippen molar-refractivity contribution in [2.24, 2.45) is 4.99 Å². The van der Waals surface area contributed by atoms with Gasteiger partial charge in [-0.25, -0.2) is 0 Å². The molecule has 0 radical (unpaired) electrons. The number of aromatic nitrogens is 1. The van der Waals surface area contributed by atoms with Crippen LogP contribution in [0, 0.1) is 0 Å². The number of carbonyl (C=O) groups is 1. The first kappa shape index (κ1) is 20.2. The highest BCUT2D eigenvalue weighted by Crippen LogP contribution is 2.32. The smallest absolute Gasteiger partial charge is 0.253 e. The molecule has 4 rings (SSSR count). The summed E-state index contributed by atoms with van der Waals surface area (Å²) in [5.74, 6) is 0.0612. The van der Waals surface area contributed by atoms with Gasteiger partial charge in [0.05, 0.1) is 17.3 Å². The van der Waals surface area contributed by atoms with Gasteiger partial charge in [0.2, 0.25) is 0 Å². The molecule has 2 aromatic carbocycles. The van der Waals surface area contributed by atoms with E-state index in [4.69, 9.17) is 4.99 Å². The summed E-state index contributed by atoms with van der Waals surface area (Å²) >= 11 is 0. The van der Waals surface area contributed by atoms with Crippen LogP contribution in [0.4, 0.5) is 0 Å². The van der Waals surface area contributed by atoms with E-state index in [2.05, 4.69) is 4.98 Å². The number of aromatic hydroxyl groups is 1. The number of aliphatic imine (C=N–C) groups is 1. The van der Waals surface area contributed by atoms with E-state index in [1.54, 1.807) is 11.9 Å². The number of fused-ring (bicyclic) bond motifs is 1. The van der Waals surface area contributed by atoms with E-state index in [0.29, 0.717) is 17.7 Å². The maximum absolute atomic E-state index is 12.6. The lowest BCUT2D eigenvalue weighted by molar-refractivity contribution is 0.0802. The third kappa shape index (κ3) is 3.97. The van der Waals surface area contributed by atoms with Crippen LogP contribution < -0.4 is 0 Å². The zero-order chi connectivity index (χ0) is 21.1. The highest BCUT2D eigenvalue weighted by molar-refractivity contribution is 6.21. The predicted octanol–water partition coefficient (Wildman–Crippen LogP) is 5.14. The van der Waals surface area contributed by atoms with Crippen LogP contribution in [0.2, 0.25) is 0 Å². The second kappa shape index (κ2) is 8.74. The van der Waals surface area contributed by atoms with Crippen LogP contribution in [-0.4, -0.2) is 46.2 Å². The fourth-order valence-corrected chi connectivity index (χ4v) is 4.19. The van der Waals surface area contributed by atoms with Gasteiger partial charge in [-0.15, -0.1) is 0 Å². The van der Waals surface area contributed by atoms with Crippen LogP contribution in [0.1, 0.15) is 60.5 Å². The molecule has 0 spiro atoms. The standard InChI is InChI=1S/C25H29N3O2/c1-3-28(2)25(30)18-14-15-20-21(16-18)27-24(29)22(20)23(17-10-6-4-7-11-17)26-19-12-8-5-9-13-19/h4,6-7,10-11,14-16,19,27,29H,3,5,8-9,12-13H2,1-2H3. The molecule has 1 aliphatic carbocycles. The van der Waals surface area contributed by atoms with E-state index in [-0.39, 0.29) is 17.8 Å². The number of nitrogens with one attached hydrogen (secondary N) is 1. The molecular weight excluding hydrogens is 374 g/mol. The van der Waals surface area contributed by atoms with Gasteiger partial charge >= 0.3 is 0 Å². The molecule has 5 nitrogen and oxygen atoms in total. The number of amides is 1. The number of carbonyl (C=O) groups excluding carboxylic acids is 1. The van der Waals surface area contributed by atoms with Gasteiger partial charge in [0.1, 0.15) is 0 Å². The molecule has 5 heteroatoms. The highest BCUT2D eigenvalue weighted by Gasteiger charge is 2.22. The Labute approximate surface area is 177 Å². The summed E-state index contributed by atoms with van der Waals surface area (Å²) in [6, 6.07) is 15.9. The summed E-state index contributed by atoms with van der Waals surface area (Å²) in [7, 11) is 1.79. The van der Waals surface area contributed by atoms with E-state index >= 15 is 0 Å². The molecule has 2 N–H and O–H groups in total. The van der Waals surface area contributed by atoms with E-state index < -0.39 is 0 Å². The number of aromatic amines is 1. The van der Waals surface area contributed by atoms with E-state index in [1.165, 1.54) is 19.3 Å². The molecule has 156 valence electrons. The lowest BCUT2D eigenvalue weighted by Crippen LogP contribution is -2.26. The molecule has 30 heavy (non-hydrogen) atoms. The number of rotatable bonds is 5. The average molecular weight is 404 g/mol. The molecule has 1 aliphatic rings. The predicted molar refractivity (Wildman–Crippen MR) is 122 cm³/mol. The van der Waals surface area contributed by atoms with Gasteiger partial charge in [-0.3, -0.25) is 9.79 Å². The third-order valence-corrected chi connectivity index (χ3v) is 6.02. The number of benzene rings is 2. The van der Waals surface area contributed by atoms with Crippen molar-refractivity contribution < 1.29 is 9.90 Å². The van der Waals surface area contributed by atoms with Crippen molar-refractivity contribution in [1.29, 1.82) is 0 Å². The molecule has 0 bridgehead atoms. The number of H-pyrrole nitrogens is 1. The minimum Gasteiger partial charge on any atom is -0.494 e. The van der Waals surface area contributed by atoms with Crippen LogP contribution in [0.5, 0.6) is 5.88 Å². The summed E-state index contributed by atoms with van der Waals surface area (Å²) in [5.41, 5.74) is 3.86. The van der Waals surface area contributed by atoms with E-state index in [0.717, 1.165) is 35.0 Å². The van der Waals surface area contributed by atoms with Gasteiger partial charge in [-0.05, 0) is 31.9 Å². The number of hydrogen-bond donors (Lipinski definition) is 2. The fraction of sp³-hybridized carbons (Fsp3) is 0.360. The molecule has 1 fully saturated rings. The topological polar surface area (TPSA) is 68.7 Å². The van der Waals surface area contributed by atoms with Gasteiger partial charge in [0, 0.05) is 35.6 Å². The highest BCUT2D eigenvalue weighted by atomic mass is 16.3. The van der Waals surface area contributed by atoms with Crippen molar-refractivity contribution in [3.8, 4) is 5.88 Å². The zero-order valence-corrected chi connectivity index (χ0v) is 17.7. The normalized spacial score (nSPS) is 15.5. The second-order valence-corrected chi connectivity index (χ2v) is 8.06. The quantitative estimate of drug-likeness (QED) is 0.580.